The lowest BCUT2D eigenvalue weighted by Gasteiger charge is -2.21. The number of anilines is 1. The number of rotatable bonds is 8. The standard InChI is InChI=1S/C31H34N4O3/c1-21-18-29(34-15-5-6-16-34)22(2)17-25(21)19-32-33-31(36)30-14-13-28(38-30)20-37-27-11-9-26(10-12-27)35-23(3)7-8-24(35)4/h7-14,17-19H,5-6,15-16,20H2,1-4H3,(H,33,36)/b32-19+. The Bertz CT molecular complexity index is 1440. The maximum absolute atomic E-state index is 12.5. The van der Waals surface area contributed by atoms with Gasteiger partial charge in [-0.25, -0.2) is 5.43 Å². The van der Waals surface area contributed by atoms with Crippen LogP contribution in [0.2, 0.25) is 0 Å². The van der Waals surface area contributed by atoms with Gasteiger partial charge in [-0.05, 0) is 118 Å². The van der Waals surface area contributed by atoms with Crippen molar-refractivity contribution in [2.75, 3.05) is 18.0 Å². The van der Waals surface area contributed by atoms with Gasteiger partial charge in [0.15, 0.2) is 5.76 Å². The molecule has 0 spiro atoms. The number of nitrogens with one attached hydrogen (secondary N) is 1. The molecule has 7 nitrogen and oxygen atoms in total. The Morgan fingerprint density at radius 2 is 1.66 bits per heavy atom. The molecule has 1 saturated heterocycles. The van der Waals surface area contributed by atoms with Crippen LogP contribution in [0.15, 0.2) is 70.2 Å². The van der Waals surface area contributed by atoms with E-state index in [2.05, 4.69) is 72.0 Å². The first kappa shape index (κ1) is 25.4. The zero-order valence-electron chi connectivity index (χ0n) is 22.5. The highest BCUT2D eigenvalue weighted by Crippen LogP contribution is 2.27. The van der Waals surface area contributed by atoms with Gasteiger partial charge in [-0.3, -0.25) is 4.79 Å². The zero-order valence-corrected chi connectivity index (χ0v) is 22.5. The molecule has 1 aliphatic rings. The second kappa shape index (κ2) is 11.0. The van der Waals surface area contributed by atoms with Crippen molar-refractivity contribution in [2.24, 2.45) is 5.10 Å². The number of ether oxygens (including phenoxy) is 1. The lowest BCUT2D eigenvalue weighted by atomic mass is 10.0. The second-order valence-electron chi connectivity index (χ2n) is 9.89. The first-order valence-electron chi connectivity index (χ1n) is 13.1. The fraction of sp³-hybridized carbons (Fsp3) is 0.290. The van der Waals surface area contributed by atoms with Crippen molar-refractivity contribution in [1.82, 2.24) is 9.99 Å². The van der Waals surface area contributed by atoms with Gasteiger partial charge < -0.3 is 18.6 Å². The molecule has 38 heavy (non-hydrogen) atoms. The molecule has 1 N–H and O–H groups in total. The Hall–Kier alpha value is -4.26. The zero-order chi connectivity index (χ0) is 26.6. The third-order valence-corrected chi connectivity index (χ3v) is 7.03. The van der Waals surface area contributed by atoms with E-state index in [4.69, 9.17) is 9.15 Å². The Labute approximate surface area is 223 Å². The fourth-order valence-corrected chi connectivity index (χ4v) is 4.98. The molecule has 2 aromatic carbocycles. The van der Waals surface area contributed by atoms with Crippen molar-refractivity contribution in [1.29, 1.82) is 0 Å². The van der Waals surface area contributed by atoms with E-state index < -0.39 is 5.91 Å². The molecule has 1 amide bonds. The van der Waals surface area contributed by atoms with Crippen LogP contribution < -0.4 is 15.1 Å². The summed E-state index contributed by atoms with van der Waals surface area (Å²) in [7, 11) is 0. The highest BCUT2D eigenvalue weighted by Gasteiger charge is 2.16. The number of hydrogen-bond acceptors (Lipinski definition) is 5. The molecule has 196 valence electrons. The van der Waals surface area contributed by atoms with Gasteiger partial charge in [-0.2, -0.15) is 5.10 Å². The predicted molar refractivity (Wildman–Crippen MR) is 151 cm³/mol. The van der Waals surface area contributed by atoms with Crippen molar-refractivity contribution in [3.05, 3.63) is 100 Å². The Morgan fingerprint density at radius 3 is 2.37 bits per heavy atom. The van der Waals surface area contributed by atoms with E-state index in [1.807, 2.05) is 24.3 Å². The fourth-order valence-electron chi connectivity index (χ4n) is 4.98. The topological polar surface area (TPSA) is 72.0 Å². The van der Waals surface area contributed by atoms with Crippen LogP contribution in [0.5, 0.6) is 5.75 Å². The highest BCUT2D eigenvalue weighted by atomic mass is 16.5. The van der Waals surface area contributed by atoms with Gasteiger partial charge >= 0.3 is 5.91 Å². The Morgan fingerprint density at radius 1 is 0.947 bits per heavy atom. The van der Waals surface area contributed by atoms with Gasteiger partial charge in [0.2, 0.25) is 0 Å². The van der Waals surface area contributed by atoms with Crippen LogP contribution >= 0.6 is 0 Å². The van der Waals surface area contributed by atoms with Gasteiger partial charge in [0, 0.05) is 35.9 Å². The molecule has 7 heteroatoms. The number of carbonyl (C=O) groups excluding carboxylic acids is 1. The number of amides is 1. The minimum atomic E-state index is -0.405. The van der Waals surface area contributed by atoms with Crippen LogP contribution in [-0.2, 0) is 6.61 Å². The summed E-state index contributed by atoms with van der Waals surface area (Å²) in [5, 5.41) is 4.16. The SMILES string of the molecule is Cc1cc(N2CCCC2)c(C)cc1/C=N/NC(=O)c1ccc(COc2ccc(-n3c(C)ccc3C)cc2)o1. The lowest BCUT2D eigenvalue weighted by molar-refractivity contribution is 0.0923. The van der Waals surface area contributed by atoms with Gasteiger partial charge in [-0.15, -0.1) is 0 Å². The number of hydrazone groups is 1. The van der Waals surface area contributed by atoms with E-state index in [9.17, 15) is 4.79 Å². The number of carbonyl (C=O) groups is 1. The van der Waals surface area contributed by atoms with Gasteiger partial charge in [0.05, 0.1) is 6.21 Å². The first-order chi connectivity index (χ1) is 18.4. The van der Waals surface area contributed by atoms with E-state index in [0.717, 1.165) is 35.7 Å². The molecule has 1 fully saturated rings. The summed E-state index contributed by atoms with van der Waals surface area (Å²) < 4.78 is 13.7. The van der Waals surface area contributed by atoms with Crippen LogP contribution in [0.25, 0.3) is 5.69 Å². The second-order valence-corrected chi connectivity index (χ2v) is 9.89. The van der Waals surface area contributed by atoms with Crippen LogP contribution in [0.1, 0.15) is 57.2 Å². The Kier molecular flexibility index (Phi) is 7.36. The van der Waals surface area contributed by atoms with E-state index >= 15 is 0 Å². The lowest BCUT2D eigenvalue weighted by Crippen LogP contribution is -2.19. The summed E-state index contributed by atoms with van der Waals surface area (Å²) in [6.07, 6.45) is 4.17. The van der Waals surface area contributed by atoms with E-state index in [-0.39, 0.29) is 12.4 Å². The number of aryl methyl sites for hydroxylation is 4. The third kappa shape index (κ3) is 5.52. The molecule has 0 radical (unpaired) electrons. The van der Waals surface area contributed by atoms with E-state index in [1.54, 1.807) is 18.3 Å². The molecule has 3 heterocycles. The van der Waals surface area contributed by atoms with E-state index in [0.29, 0.717) is 5.76 Å². The molecular weight excluding hydrogens is 476 g/mol. The summed E-state index contributed by atoms with van der Waals surface area (Å²) in [5.74, 6) is 1.07. The molecule has 0 atom stereocenters. The summed E-state index contributed by atoms with van der Waals surface area (Å²) in [6.45, 7) is 10.8. The molecule has 5 rings (SSSR count). The average Bonchev–Trinajstić information content (AvgIpc) is 3.67. The molecule has 0 unspecified atom stereocenters. The van der Waals surface area contributed by atoms with Gasteiger partial charge in [0.1, 0.15) is 18.1 Å². The monoisotopic (exact) mass is 510 g/mol. The molecule has 1 aliphatic heterocycles. The van der Waals surface area contributed by atoms with Crippen LogP contribution in [0.4, 0.5) is 5.69 Å². The van der Waals surface area contributed by atoms with E-state index in [1.165, 1.54) is 35.5 Å². The van der Waals surface area contributed by atoms with Gasteiger partial charge in [0.25, 0.3) is 0 Å². The maximum atomic E-state index is 12.5. The van der Waals surface area contributed by atoms with Crippen molar-refractivity contribution < 1.29 is 13.9 Å². The van der Waals surface area contributed by atoms with Gasteiger partial charge in [-0.1, -0.05) is 0 Å². The maximum Gasteiger partial charge on any atom is 0.307 e. The van der Waals surface area contributed by atoms with Crippen LogP contribution in [-0.4, -0.2) is 29.8 Å². The quantitative estimate of drug-likeness (QED) is 0.225. The third-order valence-electron chi connectivity index (χ3n) is 7.03. The summed E-state index contributed by atoms with van der Waals surface area (Å²) in [5.41, 5.74) is 10.6. The molecule has 4 aromatic rings. The van der Waals surface area contributed by atoms with Crippen molar-refractivity contribution in [2.45, 2.75) is 47.1 Å². The highest BCUT2D eigenvalue weighted by molar-refractivity contribution is 5.92. The molecule has 0 aliphatic carbocycles. The predicted octanol–water partition coefficient (Wildman–Crippen LogP) is 6.25. The Balaban J connectivity index is 1.15. The minimum Gasteiger partial charge on any atom is -0.486 e. The summed E-state index contributed by atoms with van der Waals surface area (Å²) in [4.78, 5) is 15.0. The molecule has 2 aromatic heterocycles. The normalized spacial score (nSPS) is 13.4. The summed E-state index contributed by atoms with van der Waals surface area (Å²) in [6, 6.07) is 19.8. The number of nitrogens with zero attached hydrogens (tertiary/aromatic N) is 3. The number of furan rings is 1. The molecule has 0 saturated carbocycles. The largest absolute Gasteiger partial charge is 0.486 e. The number of hydrogen-bond donors (Lipinski definition) is 1. The molecular formula is C31H34N4O3. The molecule has 0 bridgehead atoms. The first-order valence-corrected chi connectivity index (χ1v) is 13.1. The average molecular weight is 511 g/mol. The minimum absolute atomic E-state index is 0.187. The van der Waals surface area contributed by atoms with Crippen molar-refractivity contribution in [3.8, 4) is 11.4 Å². The van der Waals surface area contributed by atoms with Crippen molar-refractivity contribution in [3.63, 3.8) is 0 Å². The summed E-state index contributed by atoms with van der Waals surface area (Å²) >= 11 is 0. The van der Waals surface area contributed by atoms with Crippen LogP contribution in [0, 0.1) is 27.7 Å². The number of aromatic nitrogens is 1. The smallest absolute Gasteiger partial charge is 0.307 e. The number of benzene rings is 2. The van der Waals surface area contributed by atoms with Crippen molar-refractivity contribution >= 4 is 17.8 Å². The van der Waals surface area contributed by atoms with Crippen LogP contribution in [0.3, 0.4) is 0 Å².